The average molecular weight is 189 g/mol. The topological polar surface area (TPSA) is 46.3 Å². The summed E-state index contributed by atoms with van der Waals surface area (Å²) in [4.78, 5) is 2.21. The van der Waals surface area contributed by atoms with Gasteiger partial charge in [0.25, 0.3) is 0 Å². The van der Waals surface area contributed by atoms with Crippen LogP contribution >= 0.6 is 0 Å². The second kappa shape index (κ2) is 2.67. The lowest BCUT2D eigenvalue weighted by Gasteiger charge is -2.16. The van der Waals surface area contributed by atoms with E-state index in [1.54, 1.807) is 10.8 Å². The molecule has 72 valence electrons. The second-order valence-corrected chi connectivity index (χ2v) is 3.67. The SMILES string of the molecule is CN(c1ccc2nncn2n1)C1CC1. The van der Waals surface area contributed by atoms with Gasteiger partial charge in [0, 0.05) is 13.1 Å². The van der Waals surface area contributed by atoms with Crippen molar-refractivity contribution in [3.05, 3.63) is 18.5 Å². The zero-order chi connectivity index (χ0) is 9.54. The van der Waals surface area contributed by atoms with Crippen LogP contribution in [0.15, 0.2) is 18.5 Å². The molecular weight excluding hydrogens is 178 g/mol. The van der Waals surface area contributed by atoms with Crippen LogP contribution in [0.4, 0.5) is 5.82 Å². The van der Waals surface area contributed by atoms with E-state index >= 15 is 0 Å². The number of hydrogen-bond acceptors (Lipinski definition) is 4. The summed E-state index contributed by atoms with van der Waals surface area (Å²) in [5.74, 6) is 0.986. The van der Waals surface area contributed by atoms with Gasteiger partial charge in [0.15, 0.2) is 5.65 Å². The highest BCUT2D eigenvalue weighted by Gasteiger charge is 2.27. The van der Waals surface area contributed by atoms with Crippen LogP contribution in [0.2, 0.25) is 0 Å². The Labute approximate surface area is 81.4 Å². The van der Waals surface area contributed by atoms with Crippen molar-refractivity contribution >= 4 is 11.5 Å². The van der Waals surface area contributed by atoms with Gasteiger partial charge in [-0.15, -0.1) is 15.3 Å². The molecule has 0 unspecified atom stereocenters. The zero-order valence-corrected chi connectivity index (χ0v) is 7.96. The molecule has 1 fully saturated rings. The summed E-state index contributed by atoms with van der Waals surface area (Å²) in [5.41, 5.74) is 0.790. The van der Waals surface area contributed by atoms with E-state index in [-0.39, 0.29) is 0 Å². The van der Waals surface area contributed by atoms with Gasteiger partial charge in [-0.2, -0.15) is 4.52 Å². The van der Waals surface area contributed by atoms with Gasteiger partial charge < -0.3 is 4.90 Å². The molecule has 0 spiro atoms. The van der Waals surface area contributed by atoms with Crippen molar-refractivity contribution in [2.75, 3.05) is 11.9 Å². The van der Waals surface area contributed by atoms with Crippen molar-refractivity contribution in [2.24, 2.45) is 0 Å². The van der Waals surface area contributed by atoms with Crippen LogP contribution in [0.3, 0.4) is 0 Å². The van der Waals surface area contributed by atoms with Crippen molar-refractivity contribution in [3.63, 3.8) is 0 Å². The Balaban J connectivity index is 2.03. The monoisotopic (exact) mass is 189 g/mol. The van der Waals surface area contributed by atoms with E-state index in [1.807, 2.05) is 12.1 Å². The summed E-state index contributed by atoms with van der Waals surface area (Å²) < 4.78 is 1.70. The summed E-state index contributed by atoms with van der Waals surface area (Å²) in [6, 6.07) is 4.60. The molecule has 0 radical (unpaired) electrons. The van der Waals surface area contributed by atoms with Crippen LogP contribution in [0, 0.1) is 0 Å². The molecule has 0 aromatic carbocycles. The second-order valence-electron chi connectivity index (χ2n) is 3.67. The van der Waals surface area contributed by atoms with E-state index in [2.05, 4.69) is 27.2 Å². The van der Waals surface area contributed by atoms with Crippen molar-refractivity contribution in [3.8, 4) is 0 Å². The molecule has 3 rings (SSSR count). The zero-order valence-electron chi connectivity index (χ0n) is 7.96. The summed E-state index contributed by atoms with van der Waals surface area (Å²) in [6.45, 7) is 0. The predicted octanol–water partition coefficient (Wildman–Crippen LogP) is 0.723. The lowest BCUT2D eigenvalue weighted by Crippen LogP contribution is -2.21. The molecule has 0 saturated heterocycles. The molecule has 0 amide bonds. The Bertz CT molecular complexity index is 459. The number of nitrogens with zero attached hydrogens (tertiary/aromatic N) is 5. The highest BCUT2D eigenvalue weighted by molar-refractivity contribution is 5.45. The smallest absolute Gasteiger partial charge is 0.177 e. The maximum atomic E-state index is 4.41. The molecule has 1 aliphatic rings. The molecular formula is C9H11N5. The van der Waals surface area contributed by atoms with Crippen LogP contribution in [0.25, 0.3) is 5.65 Å². The molecule has 1 aliphatic carbocycles. The molecule has 0 atom stereocenters. The van der Waals surface area contributed by atoms with Gasteiger partial charge >= 0.3 is 0 Å². The molecule has 2 aromatic rings. The van der Waals surface area contributed by atoms with Crippen molar-refractivity contribution in [1.29, 1.82) is 0 Å². The van der Waals surface area contributed by atoms with Gasteiger partial charge in [0.05, 0.1) is 0 Å². The Hall–Kier alpha value is -1.65. The van der Waals surface area contributed by atoms with Crippen LogP contribution in [-0.2, 0) is 0 Å². The van der Waals surface area contributed by atoms with Gasteiger partial charge in [-0.1, -0.05) is 0 Å². The van der Waals surface area contributed by atoms with Crippen LogP contribution in [-0.4, -0.2) is 32.9 Å². The van der Waals surface area contributed by atoms with E-state index in [1.165, 1.54) is 12.8 Å². The molecule has 1 saturated carbocycles. The first kappa shape index (κ1) is 7.73. The lowest BCUT2D eigenvalue weighted by molar-refractivity contribution is 0.835. The number of rotatable bonds is 2. The van der Waals surface area contributed by atoms with Gasteiger partial charge in [0.2, 0.25) is 0 Å². The molecule has 5 nitrogen and oxygen atoms in total. The molecule has 0 bridgehead atoms. The lowest BCUT2D eigenvalue weighted by atomic mass is 10.4. The van der Waals surface area contributed by atoms with E-state index in [0.29, 0.717) is 6.04 Å². The highest BCUT2D eigenvalue weighted by atomic mass is 15.4. The third-order valence-corrected chi connectivity index (χ3v) is 2.60. The van der Waals surface area contributed by atoms with Gasteiger partial charge in [0.1, 0.15) is 12.1 Å². The molecule has 2 heterocycles. The predicted molar refractivity (Wildman–Crippen MR) is 52.2 cm³/mol. The van der Waals surface area contributed by atoms with Crippen molar-refractivity contribution in [1.82, 2.24) is 19.8 Å². The molecule has 2 aromatic heterocycles. The molecule has 0 aliphatic heterocycles. The van der Waals surface area contributed by atoms with Crippen molar-refractivity contribution < 1.29 is 0 Å². The Kier molecular flexibility index (Phi) is 1.47. The maximum absolute atomic E-state index is 4.41. The molecule has 14 heavy (non-hydrogen) atoms. The summed E-state index contributed by atoms with van der Waals surface area (Å²) in [7, 11) is 2.08. The highest BCUT2D eigenvalue weighted by Crippen LogP contribution is 2.28. The first-order valence-corrected chi connectivity index (χ1v) is 4.74. The minimum Gasteiger partial charge on any atom is -0.355 e. The molecule has 5 heteroatoms. The Morgan fingerprint density at radius 3 is 3.07 bits per heavy atom. The normalized spacial score (nSPS) is 16.1. The largest absolute Gasteiger partial charge is 0.355 e. The van der Waals surface area contributed by atoms with Crippen LogP contribution < -0.4 is 4.90 Å². The number of aromatic nitrogens is 4. The third kappa shape index (κ3) is 1.13. The van der Waals surface area contributed by atoms with E-state index in [9.17, 15) is 0 Å². The minimum atomic E-state index is 0.677. The first-order chi connectivity index (χ1) is 6.84. The van der Waals surface area contributed by atoms with E-state index in [4.69, 9.17) is 0 Å². The van der Waals surface area contributed by atoms with Gasteiger partial charge in [-0.25, -0.2) is 0 Å². The Morgan fingerprint density at radius 2 is 2.29 bits per heavy atom. The van der Waals surface area contributed by atoms with E-state index < -0.39 is 0 Å². The standard InChI is InChI=1S/C9H11N5/c1-13(7-2-3-7)9-5-4-8-11-10-6-14(8)12-9/h4-7H,2-3H2,1H3. The minimum absolute atomic E-state index is 0.677. The van der Waals surface area contributed by atoms with Crippen LogP contribution in [0.1, 0.15) is 12.8 Å². The quantitative estimate of drug-likeness (QED) is 0.698. The number of anilines is 1. The average Bonchev–Trinajstić information content (AvgIpc) is 2.95. The number of fused-ring (bicyclic) bond motifs is 1. The summed E-state index contributed by atoms with van der Waals surface area (Å²) >= 11 is 0. The Morgan fingerprint density at radius 1 is 1.43 bits per heavy atom. The van der Waals surface area contributed by atoms with Gasteiger partial charge in [-0.05, 0) is 25.0 Å². The van der Waals surface area contributed by atoms with Crippen molar-refractivity contribution in [2.45, 2.75) is 18.9 Å². The first-order valence-electron chi connectivity index (χ1n) is 4.74. The summed E-state index contributed by atoms with van der Waals surface area (Å²) in [6.07, 6.45) is 4.18. The third-order valence-electron chi connectivity index (χ3n) is 2.60. The van der Waals surface area contributed by atoms with E-state index in [0.717, 1.165) is 11.5 Å². The fourth-order valence-electron chi connectivity index (χ4n) is 1.56. The van der Waals surface area contributed by atoms with Crippen LogP contribution in [0.5, 0.6) is 0 Å². The molecule has 0 N–H and O–H groups in total. The number of hydrogen-bond donors (Lipinski definition) is 0. The fraction of sp³-hybridized carbons (Fsp3) is 0.444. The summed E-state index contributed by atoms with van der Waals surface area (Å²) in [5, 5.41) is 12.1. The fourth-order valence-corrected chi connectivity index (χ4v) is 1.56. The van der Waals surface area contributed by atoms with Gasteiger partial charge in [-0.3, -0.25) is 0 Å². The maximum Gasteiger partial charge on any atom is 0.177 e.